The van der Waals surface area contributed by atoms with E-state index in [1.54, 1.807) is 0 Å². The van der Waals surface area contributed by atoms with Crippen LogP contribution in [0.1, 0.15) is 25.7 Å². The number of allylic oxidation sites excluding steroid dienone is 2. The molecule has 3 atom stereocenters. The molecule has 0 N–H and O–H groups in total. The van der Waals surface area contributed by atoms with Crippen LogP contribution in [0.2, 0.25) is 0 Å². The van der Waals surface area contributed by atoms with Gasteiger partial charge in [-0.1, -0.05) is 12.2 Å². The number of carbonyl (C=O) groups excluding carboxylic acids is 1. The van der Waals surface area contributed by atoms with E-state index in [9.17, 15) is 75.0 Å². The molecule has 0 radical (unpaired) electrons. The first-order valence-corrected chi connectivity index (χ1v) is 9.61. The number of carbonyl (C=O) groups is 1. The van der Waals surface area contributed by atoms with Gasteiger partial charge >= 0.3 is 47.9 Å². The van der Waals surface area contributed by atoms with Crippen LogP contribution in [0, 0.1) is 17.3 Å². The van der Waals surface area contributed by atoms with Crippen LogP contribution in [0.15, 0.2) is 12.2 Å². The molecule has 2 aliphatic carbocycles. The van der Waals surface area contributed by atoms with Crippen LogP contribution in [0.25, 0.3) is 0 Å². The quantitative estimate of drug-likeness (QED) is 0.168. The summed E-state index contributed by atoms with van der Waals surface area (Å²) in [4.78, 5) is 12.1. The van der Waals surface area contributed by atoms with Gasteiger partial charge in [0.15, 0.2) is 12.0 Å². The van der Waals surface area contributed by atoms with Crippen molar-refractivity contribution in [2.24, 2.45) is 17.3 Å². The lowest BCUT2D eigenvalue weighted by Gasteiger charge is -2.37. The highest BCUT2D eigenvalue weighted by atomic mass is 19.4. The van der Waals surface area contributed by atoms with Gasteiger partial charge in [0.2, 0.25) is 0 Å². The van der Waals surface area contributed by atoms with E-state index >= 15 is 0 Å². The van der Waals surface area contributed by atoms with Crippen molar-refractivity contribution in [2.45, 2.75) is 67.6 Å². The molecule has 0 aliphatic heterocycles. The molecule has 1 saturated carbocycles. The first-order valence-electron chi connectivity index (χ1n) is 9.61. The molecular formula is C18H14F16O2. The van der Waals surface area contributed by atoms with Crippen LogP contribution in [-0.4, -0.2) is 54.5 Å². The third kappa shape index (κ3) is 5.09. The van der Waals surface area contributed by atoms with Crippen molar-refractivity contribution in [1.82, 2.24) is 0 Å². The second-order valence-corrected chi connectivity index (χ2v) is 8.60. The van der Waals surface area contributed by atoms with Crippen LogP contribution >= 0.6 is 0 Å². The van der Waals surface area contributed by atoms with Gasteiger partial charge in [-0.15, -0.1) is 0 Å². The molecule has 36 heavy (non-hydrogen) atoms. The van der Waals surface area contributed by atoms with Gasteiger partial charge < -0.3 is 4.74 Å². The minimum absolute atomic E-state index is 0.283. The summed E-state index contributed by atoms with van der Waals surface area (Å²) in [5.41, 5.74) is -3.45. The van der Waals surface area contributed by atoms with E-state index < -0.39 is 91.1 Å². The highest BCUT2D eigenvalue weighted by molar-refractivity contribution is 5.80. The summed E-state index contributed by atoms with van der Waals surface area (Å²) in [5, 5.41) is 0. The molecule has 0 saturated heterocycles. The van der Waals surface area contributed by atoms with Gasteiger partial charge in [0.25, 0.3) is 0 Å². The summed E-state index contributed by atoms with van der Waals surface area (Å²) in [7, 11) is 0. The number of hydrogen-bond acceptors (Lipinski definition) is 2. The van der Waals surface area contributed by atoms with Crippen molar-refractivity contribution < 1.29 is 79.8 Å². The normalized spacial score (nSPS) is 26.0. The fourth-order valence-electron chi connectivity index (χ4n) is 4.07. The largest absolute Gasteiger partial charge is 0.458 e. The third-order valence-corrected chi connectivity index (χ3v) is 5.96. The molecule has 2 bridgehead atoms. The Labute approximate surface area is 190 Å². The molecule has 0 amide bonds. The zero-order chi connectivity index (χ0) is 28.4. The second kappa shape index (κ2) is 8.56. The third-order valence-electron chi connectivity index (χ3n) is 5.96. The van der Waals surface area contributed by atoms with E-state index in [4.69, 9.17) is 0 Å². The van der Waals surface area contributed by atoms with Crippen molar-refractivity contribution in [3.63, 3.8) is 0 Å². The lowest BCUT2D eigenvalue weighted by atomic mass is 9.75. The lowest BCUT2D eigenvalue weighted by Crippen LogP contribution is -2.59. The number of fused-ring (bicyclic) bond motifs is 2. The first kappa shape index (κ1) is 30.3. The van der Waals surface area contributed by atoms with Gasteiger partial charge in [-0.3, -0.25) is 4.79 Å². The van der Waals surface area contributed by atoms with Crippen molar-refractivity contribution in [3.8, 4) is 0 Å². The standard InChI is InChI=1S/C18H14F16O2/c19-12(20,5-13(21,22)17(30,31)14(23,24)6-16(27,28)29)15(25,26)7-36-10(35)11(18(32,33)34)4-8-1-2-9(11)3-8/h1-2,8-9H,3-7H2. The van der Waals surface area contributed by atoms with Crippen LogP contribution < -0.4 is 0 Å². The minimum Gasteiger partial charge on any atom is -0.458 e. The van der Waals surface area contributed by atoms with E-state index in [0.29, 0.717) is 0 Å². The van der Waals surface area contributed by atoms with Gasteiger partial charge in [-0.05, 0) is 18.8 Å². The van der Waals surface area contributed by atoms with Gasteiger partial charge in [0, 0.05) is 5.92 Å². The number of rotatable bonds is 9. The number of halogens is 16. The maximum absolute atomic E-state index is 13.9. The number of hydrogen-bond donors (Lipinski definition) is 0. The molecule has 0 aromatic rings. The molecule has 3 unspecified atom stereocenters. The van der Waals surface area contributed by atoms with Gasteiger partial charge in [0.1, 0.15) is 6.42 Å². The molecule has 0 spiro atoms. The first-order chi connectivity index (χ1) is 15.7. The molecule has 1 fully saturated rings. The summed E-state index contributed by atoms with van der Waals surface area (Å²) in [5.74, 6) is -38.4. The Morgan fingerprint density at radius 3 is 1.61 bits per heavy atom. The van der Waals surface area contributed by atoms with Crippen molar-refractivity contribution >= 4 is 5.97 Å². The van der Waals surface area contributed by atoms with Crippen molar-refractivity contribution in [3.05, 3.63) is 12.2 Å². The van der Waals surface area contributed by atoms with Crippen LogP contribution in [-0.2, 0) is 9.53 Å². The average Bonchev–Trinajstić information content (AvgIpc) is 3.24. The predicted molar refractivity (Wildman–Crippen MR) is 84.8 cm³/mol. The van der Waals surface area contributed by atoms with E-state index in [1.807, 2.05) is 0 Å². The average molecular weight is 566 g/mol. The SMILES string of the molecule is O=C(OCC(F)(F)C(F)(F)CC(F)(F)C(F)(F)C(F)(F)CC(F)(F)F)C1(C(F)(F)F)CC2C=CC1C2. The Balaban J connectivity index is 2.22. The Hall–Kier alpha value is -1.91. The summed E-state index contributed by atoms with van der Waals surface area (Å²) in [6, 6.07) is 0. The van der Waals surface area contributed by atoms with Crippen LogP contribution in [0.4, 0.5) is 70.2 Å². The fourth-order valence-corrected chi connectivity index (χ4v) is 4.07. The topological polar surface area (TPSA) is 26.3 Å². The monoisotopic (exact) mass is 566 g/mol. The molecule has 0 heterocycles. The number of alkyl halides is 16. The molecule has 2 aliphatic rings. The summed E-state index contributed by atoms with van der Waals surface area (Å²) in [6.45, 7) is -3.06. The van der Waals surface area contributed by atoms with Crippen molar-refractivity contribution in [1.29, 1.82) is 0 Å². The second-order valence-electron chi connectivity index (χ2n) is 8.60. The molecule has 0 aromatic carbocycles. The lowest BCUT2D eigenvalue weighted by molar-refractivity contribution is -0.351. The highest BCUT2D eigenvalue weighted by Gasteiger charge is 2.77. The molecule has 2 rings (SSSR count). The smallest absolute Gasteiger partial charge is 0.405 e. The Morgan fingerprint density at radius 1 is 0.722 bits per heavy atom. The summed E-state index contributed by atoms with van der Waals surface area (Å²) >= 11 is 0. The number of ether oxygens (including phenoxy) is 1. The van der Waals surface area contributed by atoms with E-state index in [2.05, 4.69) is 4.74 Å². The molecule has 0 aromatic heterocycles. The Morgan fingerprint density at radius 2 is 1.22 bits per heavy atom. The Kier molecular flexibility index (Phi) is 7.21. The maximum Gasteiger partial charge on any atom is 0.405 e. The zero-order valence-electron chi connectivity index (χ0n) is 17.2. The minimum atomic E-state index is -7.22. The molecule has 2 nitrogen and oxygen atoms in total. The zero-order valence-corrected chi connectivity index (χ0v) is 17.2. The highest BCUT2D eigenvalue weighted by Crippen LogP contribution is 2.61. The Bertz CT molecular complexity index is 871. The van der Waals surface area contributed by atoms with E-state index in [1.165, 1.54) is 6.08 Å². The van der Waals surface area contributed by atoms with E-state index in [-0.39, 0.29) is 6.42 Å². The van der Waals surface area contributed by atoms with Crippen LogP contribution in [0.3, 0.4) is 0 Å². The van der Waals surface area contributed by atoms with E-state index in [0.717, 1.165) is 6.08 Å². The fraction of sp³-hybridized carbons (Fsp3) is 0.833. The molecule has 18 heteroatoms. The van der Waals surface area contributed by atoms with Crippen LogP contribution in [0.5, 0.6) is 0 Å². The molecular weight excluding hydrogens is 552 g/mol. The van der Waals surface area contributed by atoms with Gasteiger partial charge in [-0.2, -0.15) is 70.2 Å². The number of esters is 1. The maximum atomic E-state index is 13.9. The van der Waals surface area contributed by atoms with Gasteiger partial charge in [0.05, 0.1) is 6.42 Å². The van der Waals surface area contributed by atoms with Crippen molar-refractivity contribution in [2.75, 3.05) is 6.61 Å². The van der Waals surface area contributed by atoms with Gasteiger partial charge in [-0.25, -0.2) is 0 Å². The summed E-state index contributed by atoms with van der Waals surface area (Å²) < 4.78 is 216. The predicted octanol–water partition coefficient (Wildman–Crippen LogP) is 7.19. The summed E-state index contributed by atoms with van der Waals surface area (Å²) in [6.07, 6.45) is -18.9. The molecule has 210 valence electrons.